The molecular weight excluding hydrogens is 354 g/mol. The van der Waals surface area contributed by atoms with Crippen LogP contribution in [-0.4, -0.2) is 23.6 Å². The fourth-order valence-corrected chi connectivity index (χ4v) is 2.94. The summed E-state index contributed by atoms with van der Waals surface area (Å²) in [5.41, 5.74) is 1.96. The van der Waals surface area contributed by atoms with Crippen molar-refractivity contribution >= 4 is 27.5 Å². The molecule has 4 nitrogen and oxygen atoms in total. The lowest BCUT2D eigenvalue weighted by Gasteiger charge is -2.19. The van der Waals surface area contributed by atoms with Crippen molar-refractivity contribution in [1.82, 2.24) is 15.3 Å². The molecule has 1 aromatic carbocycles. The predicted molar refractivity (Wildman–Crippen MR) is 87.9 cm³/mol. The summed E-state index contributed by atoms with van der Waals surface area (Å²) in [5, 5.41) is 4.18. The molecule has 1 aromatic heterocycles. The Labute approximate surface area is 138 Å². The Morgan fingerprint density at radius 3 is 2.81 bits per heavy atom. The average molecular weight is 371 g/mol. The highest BCUT2D eigenvalue weighted by molar-refractivity contribution is 9.10. The number of hydrogen-bond acceptors (Lipinski definition) is 4. The molecule has 0 amide bonds. The monoisotopic (exact) mass is 369 g/mol. The number of halogens is 2. The van der Waals surface area contributed by atoms with Gasteiger partial charge in [-0.05, 0) is 24.2 Å². The third-order valence-electron chi connectivity index (χ3n) is 3.11. The van der Waals surface area contributed by atoms with Crippen LogP contribution in [-0.2, 0) is 6.42 Å². The topological polar surface area (TPSA) is 47.0 Å². The molecule has 0 aliphatic rings. The van der Waals surface area contributed by atoms with Crippen LogP contribution in [0.4, 0.5) is 0 Å². The summed E-state index contributed by atoms with van der Waals surface area (Å²) in [7, 11) is 1.60. The van der Waals surface area contributed by atoms with Crippen LogP contribution in [0.1, 0.15) is 24.2 Å². The third kappa shape index (κ3) is 4.40. The van der Waals surface area contributed by atoms with E-state index in [1.54, 1.807) is 7.11 Å². The first-order valence-electron chi connectivity index (χ1n) is 6.67. The van der Waals surface area contributed by atoms with E-state index in [1.807, 2.05) is 24.3 Å². The minimum Gasteiger partial charge on any atom is -0.481 e. The molecule has 1 heterocycles. The molecule has 112 valence electrons. The summed E-state index contributed by atoms with van der Waals surface area (Å²) < 4.78 is 6.11. The van der Waals surface area contributed by atoms with E-state index in [4.69, 9.17) is 16.3 Å². The summed E-state index contributed by atoms with van der Waals surface area (Å²) in [6.07, 6.45) is 2.23. The second kappa shape index (κ2) is 7.73. The first kappa shape index (κ1) is 16.2. The maximum Gasteiger partial charge on any atom is 0.216 e. The molecule has 0 saturated heterocycles. The molecule has 0 bridgehead atoms. The molecule has 21 heavy (non-hydrogen) atoms. The van der Waals surface area contributed by atoms with Gasteiger partial charge in [0, 0.05) is 33.7 Å². The number of ether oxygens (including phenoxy) is 1. The fraction of sp³-hybridized carbons (Fsp3) is 0.333. The van der Waals surface area contributed by atoms with E-state index in [0.29, 0.717) is 12.3 Å². The smallest absolute Gasteiger partial charge is 0.216 e. The number of benzene rings is 1. The van der Waals surface area contributed by atoms with Gasteiger partial charge in [-0.15, -0.1) is 0 Å². The highest BCUT2D eigenvalue weighted by Crippen LogP contribution is 2.28. The Morgan fingerprint density at radius 2 is 2.14 bits per heavy atom. The van der Waals surface area contributed by atoms with Gasteiger partial charge in [0.15, 0.2) is 0 Å². The molecule has 2 aromatic rings. The number of rotatable bonds is 6. The number of aromatic nitrogens is 2. The maximum atomic E-state index is 6.36. The molecular formula is C15H17BrClN3O. The van der Waals surface area contributed by atoms with Gasteiger partial charge in [0.1, 0.15) is 6.33 Å². The van der Waals surface area contributed by atoms with Crippen molar-refractivity contribution in [2.45, 2.75) is 19.4 Å². The van der Waals surface area contributed by atoms with Crippen molar-refractivity contribution < 1.29 is 4.74 Å². The van der Waals surface area contributed by atoms with E-state index in [1.165, 1.54) is 6.33 Å². The molecule has 1 unspecified atom stereocenters. The van der Waals surface area contributed by atoms with Gasteiger partial charge in [-0.2, -0.15) is 0 Å². The highest BCUT2D eigenvalue weighted by Gasteiger charge is 2.16. The number of likely N-dealkylation sites (N-methyl/N-ethyl adjacent to an activating group) is 1. The van der Waals surface area contributed by atoms with Gasteiger partial charge in [-0.3, -0.25) is 0 Å². The van der Waals surface area contributed by atoms with Crippen molar-refractivity contribution in [3.63, 3.8) is 0 Å². The summed E-state index contributed by atoms with van der Waals surface area (Å²) in [6, 6.07) is 7.86. The zero-order chi connectivity index (χ0) is 15.2. The summed E-state index contributed by atoms with van der Waals surface area (Å²) in [6.45, 7) is 2.92. The first-order valence-corrected chi connectivity index (χ1v) is 7.84. The normalized spacial score (nSPS) is 12.2. The molecule has 6 heteroatoms. The van der Waals surface area contributed by atoms with Crippen LogP contribution in [0.15, 0.2) is 35.1 Å². The molecule has 0 saturated carbocycles. The van der Waals surface area contributed by atoms with Crippen LogP contribution in [0.3, 0.4) is 0 Å². The van der Waals surface area contributed by atoms with E-state index >= 15 is 0 Å². The van der Waals surface area contributed by atoms with Gasteiger partial charge in [-0.25, -0.2) is 9.97 Å². The Morgan fingerprint density at radius 1 is 1.33 bits per heavy atom. The van der Waals surface area contributed by atoms with Gasteiger partial charge >= 0.3 is 0 Å². The van der Waals surface area contributed by atoms with E-state index < -0.39 is 0 Å². The second-order valence-corrected chi connectivity index (χ2v) is 5.85. The molecule has 0 fully saturated rings. The zero-order valence-corrected chi connectivity index (χ0v) is 14.3. The van der Waals surface area contributed by atoms with E-state index in [0.717, 1.165) is 27.3 Å². The van der Waals surface area contributed by atoms with Crippen molar-refractivity contribution in [3.8, 4) is 5.88 Å². The van der Waals surface area contributed by atoms with Gasteiger partial charge in [0.05, 0.1) is 7.11 Å². The molecule has 1 N–H and O–H groups in total. The van der Waals surface area contributed by atoms with Crippen molar-refractivity contribution in [2.75, 3.05) is 13.7 Å². The third-order valence-corrected chi connectivity index (χ3v) is 3.93. The van der Waals surface area contributed by atoms with E-state index in [9.17, 15) is 0 Å². The van der Waals surface area contributed by atoms with Crippen molar-refractivity contribution in [1.29, 1.82) is 0 Å². The highest BCUT2D eigenvalue weighted by atomic mass is 79.9. The van der Waals surface area contributed by atoms with Crippen LogP contribution >= 0.6 is 27.5 Å². The Kier molecular flexibility index (Phi) is 5.96. The quantitative estimate of drug-likeness (QED) is 0.840. The number of hydrogen-bond donors (Lipinski definition) is 1. The van der Waals surface area contributed by atoms with Crippen LogP contribution in [0, 0.1) is 0 Å². The number of nitrogens with zero attached hydrogens (tertiary/aromatic N) is 2. The molecule has 0 aliphatic heterocycles. The average Bonchev–Trinajstić information content (AvgIpc) is 2.47. The number of methoxy groups -OCH3 is 1. The van der Waals surface area contributed by atoms with Crippen LogP contribution in [0.5, 0.6) is 5.88 Å². The van der Waals surface area contributed by atoms with E-state index in [2.05, 4.69) is 38.1 Å². The van der Waals surface area contributed by atoms with Gasteiger partial charge in [-0.1, -0.05) is 40.5 Å². The zero-order valence-electron chi connectivity index (χ0n) is 11.9. The minimum absolute atomic E-state index is 0.0928. The van der Waals surface area contributed by atoms with Crippen molar-refractivity contribution in [2.24, 2.45) is 0 Å². The van der Waals surface area contributed by atoms with Crippen molar-refractivity contribution in [3.05, 3.63) is 51.3 Å². The minimum atomic E-state index is 0.0928. The van der Waals surface area contributed by atoms with E-state index in [-0.39, 0.29) is 6.04 Å². The van der Waals surface area contributed by atoms with Gasteiger partial charge < -0.3 is 10.1 Å². The van der Waals surface area contributed by atoms with Crippen LogP contribution in [0.25, 0.3) is 0 Å². The lowest BCUT2D eigenvalue weighted by atomic mass is 10.0. The van der Waals surface area contributed by atoms with Gasteiger partial charge in [0.25, 0.3) is 0 Å². The molecule has 2 rings (SSSR count). The van der Waals surface area contributed by atoms with Crippen LogP contribution in [0.2, 0.25) is 5.02 Å². The first-order chi connectivity index (χ1) is 10.1. The van der Waals surface area contributed by atoms with Gasteiger partial charge in [0.2, 0.25) is 5.88 Å². The summed E-state index contributed by atoms with van der Waals surface area (Å²) in [5.74, 6) is 0.567. The lowest BCUT2D eigenvalue weighted by Crippen LogP contribution is -2.23. The standard InChI is InChI=1S/C15H17BrClN3O/c1-3-18-14(12-5-4-10(16)6-13(12)17)7-11-8-15(21-2)20-9-19-11/h4-6,8-9,14,18H,3,7H2,1-2H3. The lowest BCUT2D eigenvalue weighted by molar-refractivity contribution is 0.395. The summed E-state index contributed by atoms with van der Waals surface area (Å²) in [4.78, 5) is 8.33. The van der Waals surface area contributed by atoms with Crippen LogP contribution < -0.4 is 10.1 Å². The largest absolute Gasteiger partial charge is 0.481 e. The SMILES string of the molecule is CCNC(Cc1cc(OC)ncn1)c1ccc(Br)cc1Cl. The Balaban J connectivity index is 2.26. The Bertz CT molecular complexity index is 609. The summed E-state index contributed by atoms with van der Waals surface area (Å²) >= 11 is 9.79. The number of nitrogens with one attached hydrogen (secondary N) is 1. The Hall–Kier alpha value is -1.17. The maximum absolute atomic E-state index is 6.36. The molecule has 1 atom stereocenters. The molecule has 0 radical (unpaired) electrons. The second-order valence-electron chi connectivity index (χ2n) is 4.53. The molecule has 0 aliphatic carbocycles. The predicted octanol–water partition coefficient (Wildman–Crippen LogP) is 3.79. The molecule has 0 spiro atoms. The fourth-order valence-electron chi connectivity index (χ4n) is 2.13.